The van der Waals surface area contributed by atoms with Crippen molar-refractivity contribution in [3.05, 3.63) is 35.6 Å². The quantitative estimate of drug-likeness (QED) is 0.876. The maximum Gasteiger partial charge on any atom is 0.231 e. The fraction of sp³-hybridized carbons (Fsp3) is 0.500. The van der Waals surface area contributed by atoms with Crippen LogP contribution in [0.4, 0.5) is 4.39 Å². The van der Waals surface area contributed by atoms with Crippen LogP contribution in [0.1, 0.15) is 37.5 Å². The Morgan fingerprint density at radius 3 is 2.67 bits per heavy atom. The van der Waals surface area contributed by atoms with Crippen LogP contribution in [0.15, 0.2) is 24.3 Å². The maximum absolute atomic E-state index is 12.9. The van der Waals surface area contributed by atoms with Gasteiger partial charge in [0.2, 0.25) is 5.91 Å². The highest BCUT2D eigenvalue weighted by Crippen LogP contribution is 2.39. The van der Waals surface area contributed by atoms with E-state index in [-0.39, 0.29) is 22.9 Å². The van der Waals surface area contributed by atoms with Gasteiger partial charge in [-0.05, 0) is 50.3 Å². The van der Waals surface area contributed by atoms with Crippen molar-refractivity contribution < 1.29 is 9.18 Å². The largest absolute Gasteiger partial charge is 0.337 e. The molecule has 1 aliphatic carbocycles. The number of halogens is 1. The molecule has 0 spiro atoms. The average molecular weight is 306 g/mol. The third-order valence-electron chi connectivity index (χ3n) is 3.83. The highest BCUT2D eigenvalue weighted by Gasteiger charge is 2.42. The third kappa shape index (κ3) is 4.21. The number of benzene rings is 1. The molecule has 0 unspecified atom stereocenters. The Hall–Kier alpha value is -1.54. The van der Waals surface area contributed by atoms with E-state index < -0.39 is 5.54 Å². The van der Waals surface area contributed by atoms with Crippen molar-refractivity contribution >= 4 is 17.7 Å². The first-order valence-corrected chi connectivity index (χ1v) is 8.09. The standard InChI is InChI=1S/C16H19FN2OS/c1-11(12-3-7-14(17)8-4-12)21-9-15(20)19-16(2,10-18)13-5-6-13/h3-4,7-8,11,13H,5-6,9H2,1-2H3,(H,19,20)/t11-,16+/m1/s1. The zero-order valence-electron chi connectivity index (χ0n) is 12.2. The SMILES string of the molecule is C[C@@H](SCC(=O)N[C@@](C)(C#N)C1CC1)c1ccc(F)cc1. The third-order valence-corrected chi connectivity index (χ3v) is 5.03. The van der Waals surface area contributed by atoms with Gasteiger partial charge >= 0.3 is 0 Å². The number of carbonyl (C=O) groups is 1. The summed E-state index contributed by atoms with van der Waals surface area (Å²) < 4.78 is 12.9. The van der Waals surface area contributed by atoms with Crippen LogP contribution in [-0.2, 0) is 4.79 Å². The Morgan fingerprint density at radius 1 is 1.52 bits per heavy atom. The lowest BCUT2D eigenvalue weighted by Crippen LogP contribution is -2.47. The molecule has 21 heavy (non-hydrogen) atoms. The van der Waals surface area contributed by atoms with Crippen LogP contribution in [0.25, 0.3) is 0 Å². The molecule has 1 amide bonds. The van der Waals surface area contributed by atoms with Crippen molar-refractivity contribution in [3.8, 4) is 6.07 Å². The maximum atomic E-state index is 12.9. The Bertz CT molecular complexity index is 550. The van der Waals surface area contributed by atoms with Gasteiger partial charge in [-0.2, -0.15) is 5.26 Å². The van der Waals surface area contributed by atoms with Gasteiger partial charge < -0.3 is 5.32 Å². The number of thioether (sulfide) groups is 1. The number of nitriles is 1. The summed E-state index contributed by atoms with van der Waals surface area (Å²) in [6.07, 6.45) is 2.01. The highest BCUT2D eigenvalue weighted by molar-refractivity contribution is 8.00. The smallest absolute Gasteiger partial charge is 0.231 e. The van der Waals surface area contributed by atoms with Gasteiger partial charge in [0.25, 0.3) is 0 Å². The van der Waals surface area contributed by atoms with Crippen molar-refractivity contribution in [3.63, 3.8) is 0 Å². The van der Waals surface area contributed by atoms with Crippen LogP contribution < -0.4 is 5.32 Å². The first-order valence-electron chi connectivity index (χ1n) is 7.04. The number of carbonyl (C=O) groups excluding carboxylic acids is 1. The number of rotatable bonds is 6. The molecule has 1 aliphatic rings. The molecule has 0 bridgehead atoms. The molecule has 3 nitrogen and oxygen atoms in total. The number of hydrogen-bond acceptors (Lipinski definition) is 3. The minimum absolute atomic E-state index is 0.102. The van der Waals surface area contributed by atoms with E-state index >= 15 is 0 Å². The van der Waals surface area contributed by atoms with Crippen LogP contribution in [0.5, 0.6) is 0 Å². The molecule has 0 aromatic heterocycles. The molecule has 2 atom stereocenters. The van der Waals surface area contributed by atoms with Gasteiger partial charge in [0, 0.05) is 5.25 Å². The van der Waals surface area contributed by atoms with Gasteiger partial charge in [0.05, 0.1) is 11.8 Å². The van der Waals surface area contributed by atoms with E-state index in [2.05, 4.69) is 11.4 Å². The zero-order valence-corrected chi connectivity index (χ0v) is 13.0. The monoisotopic (exact) mass is 306 g/mol. The van der Waals surface area contributed by atoms with Crippen LogP contribution in [0, 0.1) is 23.1 Å². The fourth-order valence-electron chi connectivity index (χ4n) is 2.24. The van der Waals surface area contributed by atoms with Crippen molar-refractivity contribution in [2.75, 3.05) is 5.75 Å². The highest BCUT2D eigenvalue weighted by atomic mass is 32.2. The second kappa shape index (κ2) is 6.48. The lowest BCUT2D eigenvalue weighted by atomic mass is 9.98. The molecule has 0 radical (unpaired) electrons. The summed E-state index contributed by atoms with van der Waals surface area (Å²) in [6.45, 7) is 3.77. The van der Waals surface area contributed by atoms with E-state index in [0.717, 1.165) is 18.4 Å². The number of nitrogens with one attached hydrogen (secondary N) is 1. The van der Waals surface area contributed by atoms with Gasteiger partial charge in [-0.15, -0.1) is 11.8 Å². The van der Waals surface area contributed by atoms with Crippen LogP contribution in [0.2, 0.25) is 0 Å². The summed E-state index contributed by atoms with van der Waals surface area (Å²) in [5.74, 6) is 0.196. The molecule has 1 fully saturated rings. The summed E-state index contributed by atoms with van der Waals surface area (Å²) >= 11 is 1.48. The Balaban J connectivity index is 1.83. The predicted octanol–water partition coefficient (Wildman–Crippen LogP) is 3.43. The molecule has 0 saturated heterocycles. The summed E-state index contributed by atoms with van der Waals surface area (Å²) in [6, 6.07) is 8.52. The molecular weight excluding hydrogens is 287 g/mol. The normalized spacial score (nSPS) is 18.4. The number of amides is 1. The van der Waals surface area contributed by atoms with Crippen molar-refractivity contribution in [2.24, 2.45) is 5.92 Å². The summed E-state index contributed by atoms with van der Waals surface area (Å²) in [4.78, 5) is 12.0. The second-order valence-corrected chi connectivity index (χ2v) is 6.97. The molecule has 1 aromatic carbocycles. The Kier molecular flexibility index (Phi) is 4.89. The molecule has 1 aromatic rings. The molecule has 1 N–H and O–H groups in total. The van der Waals surface area contributed by atoms with Crippen molar-refractivity contribution in [1.82, 2.24) is 5.32 Å². The average Bonchev–Trinajstić information content (AvgIpc) is 3.30. The molecule has 112 valence electrons. The fourth-order valence-corrected chi connectivity index (χ4v) is 3.06. The predicted molar refractivity (Wildman–Crippen MR) is 82.2 cm³/mol. The first kappa shape index (κ1) is 15.8. The van der Waals surface area contributed by atoms with Gasteiger partial charge in [0.1, 0.15) is 11.4 Å². The number of nitrogens with zero attached hydrogens (tertiary/aromatic N) is 1. The van der Waals surface area contributed by atoms with E-state index in [1.807, 2.05) is 6.92 Å². The summed E-state index contributed by atoms with van der Waals surface area (Å²) in [5, 5.41) is 12.2. The van der Waals surface area contributed by atoms with E-state index in [1.165, 1.54) is 23.9 Å². The molecule has 0 heterocycles. The van der Waals surface area contributed by atoms with E-state index in [4.69, 9.17) is 0 Å². The molecule has 1 saturated carbocycles. The van der Waals surface area contributed by atoms with Crippen LogP contribution >= 0.6 is 11.8 Å². The minimum atomic E-state index is -0.739. The van der Waals surface area contributed by atoms with Gasteiger partial charge in [-0.25, -0.2) is 4.39 Å². The van der Waals surface area contributed by atoms with Crippen LogP contribution in [0.3, 0.4) is 0 Å². The molecular formula is C16H19FN2OS. The van der Waals surface area contributed by atoms with Gasteiger partial charge in [0.15, 0.2) is 0 Å². The first-order chi connectivity index (χ1) is 9.94. The van der Waals surface area contributed by atoms with E-state index in [0.29, 0.717) is 5.75 Å². The van der Waals surface area contributed by atoms with Crippen molar-refractivity contribution in [2.45, 2.75) is 37.5 Å². The minimum Gasteiger partial charge on any atom is -0.337 e. The summed E-state index contributed by atoms with van der Waals surface area (Å²) in [5.41, 5.74) is 0.246. The van der Waals surface area contributed by atoms with Crippen LogP contribution in [-0.4, -0.2) is 17.2 Å². The lowest BCUT2D eigenvalue weighted by molar-refractivity contribution is -0.119. The van der Waals surface area contributed by atoms with Crippen molar-refractivity contribution in [1.29, 1.82) is 5.26 Å². The molecule has 5 heteroatoms. The topological polar surface area (TPSA) is 52.9 Å². The Labute approximate surface area is 128 Å². The number of hydrogen-bond donors (Lipinski definition) is 1. The zero-order chi connectivity index (χ0) is 15.5. The molecule has 0 aliphatic heterocycles. The Morgan fingerprint density at radius 2 is 2.14 bits per heavy atom. The van der Waals surface area contributed by atoms with E-state index in [1.54, 1.807) is 19.1 Å². The van der Waals surface area contributed by atoms with Gasteiger partial charge in [-0.3, -0.25) is 4.79 Å². The van der Waals surface area contributed by atoms with E-state index in [9.17, 15) is 14.4 Å². The van der Waals surface area contributed by atoms with Gasteiger partial charge in [-0.1, -0.05) is 12.1 Å². The molecule has 2 rings (SSSR count). The summed E-state index contributed by atoms with van der Waals surface area (Å²) in [7, 11) is 0. The second-order valence-electron chi connectivity index (χ2n) is 5.64. The lowest BCUT2D eigenvalue weighted by Gasteiger charge is -2.23.